The topological polar surface area (TPSA) is 87.5 Å². The van der Waals surface area contributed by atoms with E-state index in [2.05, 4.69) is 24.1 Å². The highest BCUT2D eigenvalue weighted by Gasteiger charge is 2.15. The van der Waals surface area contributed by atoms with Gasteiger partial charge in [0.15, 0.2) is 0 Å². The van der Waals surface area contributed by atoms with Crippen molar-refractivity contribution in [3.63, 3.8) is 0 Å². The van der Waals surface area contributed by atoms with Crippen LogP contribution in [0.2, 0.25) is 5.02 Å². The second kappa shape index (κ2) is 9.75. The molecule has 0 aliphatic carbocycles. The number of carbonyl (C=O) groups is 2. The third kappa shape index (κ3) is 5.32. The number of rotatable bonds is 7. The third-order valence-corrected chi connectivity index (χ3v) is 4.40. The molecule has 0 atom stereocenters. The Balaban J connectivity index is 2.27. The van der Waals surface area contributed by atoms with Crippen LogP contribution in [0.25, 0.3) is 6.08 Å². The number of amides is 2. The molecule has 2 amide bonds. The maximum absolute atomic E-state index is 12.4. The molecule has 142 valence electrons. The van der Waals surface area contributed by atoms with E-state index in [1.807, 2.05) is 29.7 Å². The van der Waals surface area contributed by atoms with Gasteiger partial charge in [-0.1, -0.05) is 35.9 Å². The average molecular weight is 387 g/mol. The Bertz CT molecular complexity index is 830. The molecule has 2 aromatic carbocycles. The molecular weight excluding hydrogens is 364 g/mol. The second-order valence-electron chi connectivity index (χ2n) is 5.73. The molecule has 27 heavy (non-hydrogen) atoms. The van der Waals surface area contributed by atoms with Crippen molar-refractivity contribution in [3.8, 4) is 0 Å². The molecule has 0 aliphatic rings. The minimum atomic E-state index is -0.608. The molecule has 7 heteroatoms. The highest BCUT2D eigenvalue weighted by Crippen LogP contribution is 2.18. The van der Waals surface area contributed by atoms with Crippen molar-refractivity contribution in [2.24, 2.45) is 5.84 Å². The molecular formula is C20H23ClN4O2. The summed E-state index contributed by atoms with van der Waals surface area (Å²) < 4.78 is 0. The minimum Gasteiger partial charge on any atom is -0.372 e. The normalized spacial score (nSPS) is 11.0. The summed E-state index contributed by atoms with van der Waals surface area (Å²) in [5, 5.41) is 2.87. The van der Waals surface area contributed by atoms with Crippen LogP contribution < -0.4 is 21.5 Å². The first-order chi connectivity index (χ1) is 13.0. The van der Waals surface area contributed by atoms with E-state index in [1.54, 1.807) is 30.3 Å². The number of hydrogen-bond acceptors (Lipinski definition) is 4. The number of nitrogens with one attached hydrogen (secondary N) is 2. The van der Waals surface area contributed by atoms with Crippen molar-refractivity contribution in [1.29, 1.82) is 0 Å². The lowest BCUT2D eigenvalue weighted by Crippen LogP contribution is -2.38. The van der Waals surface area contributed by atoms with Gasteiger partial charge in [-0.2, -0.15) is 0 Å². The molecule has 0 fully saturated rings. The number of benzene rings is 2. The standard InChI is InChI=1S/C20H23ClN4O2/c1-3-25(4-2)15-11-9-14(10-12-15)13-18(20(27)24-22)23-19(26)16-7-5-6-8-17(16)21/h5-13H,3-4,22H2,1-2H3,(H,23,26)(H,24,27). The molecule has 0 heterocycles. The molecule has 0 saturated heterocycles. The number of halogens is 1. The van der Waals surface area contributed by atoms with Crippen molar-refractivity contribution in [3.05, 3.63) is 70.4 Å². The molecule has 4 N–H and O–H groups in total. The molecule has 6 nitrogen and oxygen atoms in total. The van der Waals surface area contributed by atoms with E-state index in [0.717, 1.165) is 24.3 Å². The van der Waals surface area contributed by atoms with Gasteiger partial charge in [-0.3, -0.25) is 15.0 Å². The molecule has 2 rings (SSSR count). The summed E-state index contributed by atoms with van der Waals surface area (Å²) in [4.78, 5) is 26.7. The summed E-state index contributed by atoms with van der Waals surface area (Å²) in [6.07, 6.45) is 1.56. The molecule has 0 spiro atoms. The fraction of sp³-hybridized carbons (Fsp3) is 0.200. The van der Waals surface area contributed by atoms with E-state index in [9.17, 15) is 9.59 Å². The maximum Gasteiger partial charge on any atom is 0.281 e. The fourth-order valence-corrected chi connectivity index (χ4v) is 2.83. The number of hydrazine groups is 1. The van der Waals surface area contributed by atoms with Crippen LogP contribution in [0.3, 0.4) is 0 Å². The van der Waals surface area contributed by atoms with Crippen LogP contribution in [0.4, 0.5) is 5.69 Å². The summed E-state index contributed by atoms with van der Waals surface area (Å²) >= 11 is 6.04. The predicted molar refractivity (Wildman–Crippen MR) is 109 cm³/mol. The quantitative estimate of drug-likeness (QED) is 0.295. The van der Waals surface area contributed by atoms with E-state index in [4.69, 9.17) is 17.4 Å². The number of hydrogen-bond donors (Lipinski definition) is 3. The summed E-state index contributed by atoms with van der Waals surface area (Å²) in [5.41, 5.74) is 4.18. The van der Waals surface area contributed by atoms with Crippen LogP contribution >= 0.6 is 11.6 Å². The van der Waals surface area contributed by atoms with Crippen LogP contribution in [-0.4, -0.2) is 24.9 Å². The van der Waals surface area contributed by atoms with E-state index in [0.29, 0.717) is 5.02 Å². The number of carbonyl (C=O) groups excluding carboxylic acids is 2. The van der Waals surface area contributed by atoms with E-state index in [1.165, 1.54) is 0 Å². The van der Waals surface area contributed by atoms with Gasteiger partial charge >= 0.3 is 0 Å². The van der Waals surface area contributed by atoms with Gasteiger partial charge in [-0.05, 0) is 49.8 Å². The first-order valence-corrected chi connectivity index (χ1v) is 9.01. The van der Waals surface area contributed by atoms with E-state index < -0.39 is 11.8 Å². The molecule has 2 aromatic rings. The lowest BCUT2D eigenvalue weighted by Gasteiger charge is -2.21. The Morgan fingerprint density at radius 1 is 1.07 bits per heavy atom. The van der Waals surface area contributed by atoms with Crippen molar-refractivity contribution in [2.75, 3.05) is 18.0 Å². The van der Waals surface area contributed by atoms with Gasteiger partial charge in [-0.25, -0.2) is 5.84 Å². The first-order valence-electron chi connectivity index (χ1n) is 8.63. The van der Waals surface area contributed by atoms with Crippen LogP contribution in [0.5, 0.6) is 0 Å². The second-order valence-corrected chi connectivity index (χ2v) is 6.14. The lowest BCUT2D eigenvalue weighted by atomic mass is 10.1. The van der Waals surface area contributed by atoms with Gasteiger partial charge in [0, 0.05) is 18.8 Å². The average Bonchev–Trinajstić information content (AvgIpc) is 2.69. The highest BCUT2D eigenvalue weighted by atomic mass is 35.5. The molecule has 0 bridgehead atoms. The number of nitrogens with zero attached hydrogens (tertiary/aromatic N) is 1. The van der Waals surface area contributed by atoms with Crippen molar-refractivity contribution < 1.29 is 9.59 Å². The molecule has 0 saturated carbocycles. The molecule has 0 unspecified atom stereocenters. The van der Waals surface area contributed by atoms with Crippen LogP contribution in [0, 0.1) is 0 Å². The zero-order valence-electron chi connectivity index (χ0n) is 15.3. The predicted octanol–water partition coefficient (Wildman–Crippen LogP) is 2.95. The van der Waals surface area contributed by atoms with E-state index >= 15 is 0 Å². The van der Waals surface area contributed by atoms with Crippen LogP contribution in [0.1, 0.15) is 29.8 Å². The zero-order chi connectivity index (χ0) is 19.8. The van der Waals surface area contributed by atoms with Crippen molar-refractivity contribution in [1.82, 2.24) is 10.7 Å². The minimum absolute atomic E-state index is 0.0259. The lowest BCUT2D eigenvalue weighted by molar-refractivity contribution is -0.117. The molecule has 0 aliphatic heterocycles. The summed E-state index contributed by atoms with van der Waals surface area (Å²) in [6, 6.07) is 14.3. The SMILES string of the molecule is CCN(CC)c1ccc(C=C(NC(=O)c2ccccc2Cl)C(=O)NN)cc1. The Morgan fingerprint density at radius 3 is 2.26 bits per heavy atom. The molecule has 0 aromatic heterocycles. The van der Waals surface area contributed by atoms with E-state index in [-0.39, 0.29) is 11.3 Å². The largest absolute Gasteiger partial charge is 0.372 e. The number of nitrogens with two attached hydrogens (primary N) is 1. The smallest absolute Gasteiger partial charge is 0.281 e. The highest BCUT2D eigenvalue weighted by molar-refractivity contribution is 6.34. The van der Waals surface area contributed by atoms with Gasteiger partial charge in [0.1, 0.15) is 5.70 Å². The van der Waals surface area contributed by atoms with Crippen molar-refractivity contribution in [2.45, 2.75) is 13.8 Å². The van der Waals surface area contributed by atoms with Gasteiger partial charge in [0.05, 0.1) is 10.6 Å². The summed E-state index contributed by atoms with van der Waals surface area (Å²) in [6.45, 7) is 5.98. The van der Waals surface area contributed by atoms with Gasteiger partial charge < -0.3 is 10.2 Å². The fourth-order valence-electron chi connectivity index (χ4n) is 2.61. The van der Waals surface area contributed by atoms with Crippen LogP contribution in [0.15, 0.2) is 54.2 Å². The van der Waals surface area contributed by atoms with Gasteiger partial charge in [-0.15, -0.1) is 0 Å². The summed E-state index contributed by atoms with van der Waals surface area (Å²) in [7, 11) is 0. The Morgan fingerprint density at radius 2 is 1.70 bits per heavy atom. The monoisotopic (exact) mass is 386 g/mol. The van der Waals surface area contributed by atoms with Crippen molar-refractivity contribution >= 4 is 35.2 Å². The Hall–Kier alpha value is -2.83. The third-order valence-electron chi connectivity index (χ3n) is 4.08. The van der Waals surface area contributed by atoms with Gasteiger partial charge in [0.25, 0.3) is 11.8 Å². The number of anilines is 1. The van der Waals surface area contributed by atoms with Crippen LogP contribution in [-0.2, 0) is 4.79 Å². The van der Waals surface area contributed by atoms with Gasteiger partial charge in [0.2, 0.25) is 0 Å². The summed E-state index contributed by atoms with van der Waals surface area (Å²) in [5.74, 6) is 4.15. The maximum atomic E-state index is 12.4. The Labute approximate surface area is 164 Å². The zero-order valence-corrected chi connectivity index (χ0v) is 16.1. The first kappa shape index (κ1) is 20.5. The molecule has 0 radical (unpaired) electrons. The Kier molecular flexibility index (Phi) is 7.40.